The van der Waals surface area contributed by atoms with Crippen LogP contribution >= 0.6 is 22.9 Å². The zero-order valence-corrected chi connectivity index (χ0v) is 13.8. The van der Waals surface area contributed by atoms with Crippen LogP contribution in [0.3, 0.4) is 0 Å². The lowest BCUT2D eigenvalue weighted by Crippen LogP contribution is -2.41. The largest absolute Gasteiger partial charge is 0.281 e. The maximum atomic E-state index is 12.3. The maximum absolute atomic E-state index is 12.3. The Morgan fingerprint density at radius 3 is 2.35 bits per heavy atom. The molecule has 3 aromatic rings. The van der Waals surface area contributed by atoms with Gasteiger partial charge in [-0.15, -0.1) is 11.3 Å². The average molecular weight is 345 g/mol. The number of rotatable bonds is 2. The molecular weight excluding hydrogens is 332 g/mol. The Morgan fingerprint density at radius 2 is 1.61 bits per heavy atom. The second-order valence-electron chi connectivity index (χ2n) is 4.96. The molecule has 23 heavy (non-hydrogen) atoms. The van der Waals surface area contributed by atoms with Crippen LogP contribution in [0.5, 0.6) is 0 Å². The molecular formula is C17H13ClN2O2S. The summed E-state index contributed by atoms with van der Waals surface area (Å²) in [7, 11) is 0. The van der Waals surface area contributed by atoms with E-state index in [4.69, 9.17) is 11.6 Å². The van der Waals surface area contributed by atoms with Crippen LogP contribution in [0.25, 0.3) is 10.1 Å². The summed E-state index contributed by atoms with van der Waals surface area (Å²) in [6.45, 7) is 1.83. The van der Waals surface area contributed by atoms with E-state index in [9.17, 15) is 9.59 Å². The van der Waals surface area contributed by atoms with Gasteiger partial charge in [-0.1, -0.05) is 48.0 Å². The third-order valence-electron chi connectivity index (χ3n) is 3.42. The Hall–Kier alpha value is -2.37. The Bertz CT molecular complexity index is 904. The highest BCUT2D eigenvalue weighted by molar-refractivity contribution is 7.21. The highest BCUT2D eigenvalue weighted by Gasteiger charge is 2.17. The van der Waals surface area contributed by atoms with Crippen LogP contribution in [0, 0.1) is 6.92 Å². The molecule has 0 saturated heterocycles. The fourth-order valence-corrected chi connectivity index (χ4v) is 3.64. The average Bonchev–Trinajstić information content (AvgIpc) is 2.90. The molecule has 116 valence electrons. The minimum atomic E-state index is -0.432. The summed E-state index contributed by atoms with van der Waals surface area (Å²) < 4.78 is 0.924. The molecule has 1 aromatic heterocycles. The first-order chi connectivity index (χ1) is 11.1. The number of amides is 2. The van der Waals surface area contributed by atoms with Gasteiger partial charge in [-0.3, -0.25) is 20.4 Å². The van der Waals surface area contributed by atoms with Crippen molar-refractivity contribution in [3.05, 3.63) is 69.6 Å². The number of nitrogens with one attached hydrogen (secondary N) is 2. The van der Waals surface area contributed by atoms with Crippen molar-refractivity contribution in [3.63, 3.8) is 0 Å². The van der Waals surface area contributed by atoms with Crippen molar-refractivity contribution in [2.75, 3.05) is 0 Å². The fraction of sp³-hybridized carbons (Fsp3) is 0.0588. The lowest BCUT2D eigenvalue weighted by Gasteiger charge is -2.08. The van der Waals surface area contributed by atoms with Gasteiger partial charge in [0.15, 0.2) is 0 Å². The van der Waals surface area contributed by atoms with Crippen LogP contribution in [0.4, 0.5) is 0 Å². The topological polar surface area (TPSA) is 58.2 Å². The van der Waals surface area contributed by atoms with Crippen molar-refractivity contribution in [2.45, 2.75) is 6.92 Å². The van der Waals surface area contributed by atoms with Gasteiger partial charge in [-0.05, 0) is 24.6 Å². The number of halogens is 1. The third kappa shape index (κ3) is 3.06. The molecule has 0 unspecified atom stereocenters. The number of thiophene rings is 1. The molecule has 2 N–H and O–H groups in total. The van der Waals surface area contributed by atoms with Gasteiger partial charge in [0.05, 0.1) is 5.02 Å². The Morgan fingerprint density at radius 1 is 0.957 bits per heavy atom. The molecule has 2 aromatic carbocycles. The van der Waals surface area contributed by atoms with Gasteiger partial charge < -0.3 is 0 Å². The summed E-state index contributed by atoms with van der Waals surface area (Å²) in [6.07, 6.45) is 0. The summed E-state index contributed by atoms with van der Waals surface area (Å²) in [6, 6.07) is 14.7. The Labute approximate surface area is 142 Å². The van der Waals surface area contributed by atoms with E-state index in [1.54, 1.807) is 12.1 Å². The quantitative estimate of drug-likeness (QED) is 0.692. The van der Waals surface area contributed by atoms with Gasteiger partial charge in [-0.25, -0.2) is 0 Å². The number of hydrazine groups is 1. The monoisotopic (exact) mass is 344 g/mol. The zero-order valence-electron chi connectivity index (χ0n) is 12.2. The molecule has 0 aliphatic heterocycles. The maximum Gasteiger partial charge on any atom is 0.281 e. The molecule has 0 saturated carbocycles. The van der Waals surface area contributed by atoms with Crippen LogP contribution in [-0.4, -0.2) is 11.8 Å². The molecule has 0 aliphatic carbocycles. The van der Waals surface area contributed by atoms with E-state index in [1.807, 2.05) is 43.3 Å². The van der Waals surface area contributed by atoms with E-state index < -0.39 is 5.91 Å². The second-order valence-corrected chi connectivity index (χ2v) is 6.39. The van der Waals surface area contributed by atoms with Crippen LogP contribution < -0.4 is 10.9 Å². The molecule has 3 rings (SSSR count). The molecule has 0 fully saturated rings. The fourth-order valence-electron chi connectivity index (χ4n) is 2.23. The first kappa shape index (κ1) is 15.5. The van der Waals surface area contributed by atoms with Crippen LogP contribution in [0.15, 0.2) is 48.5 Å². The molecule has 2 amide bonds. The van der Waals surface area contributed by atoms with Gasteiger partial charge in [0.25, 0.3) is 11.8 Å². The SMILES string of the molecule is Cc1ccccc1C(=O)NNC(=O)c1sc2ccccc2c1Cl. The highest BCUT2D eigenvalue weighted by Crippen LogP contribution is 2.34. The van der Waals surface area contributed by atoms with Crippen molar-refractivity contribution >= 4 is 44.8 Å². The van der Waals surface area contributed by atoms with Crippen LogP contribution in [0.2, 0.25) is 5.02 Å². The van der Waals surface area contributed by atoms with E-state index in [1.165, 1.54) is 11.3 Å². The molecule has 0 aliphatic rings. The van der Waals surface area contributed by atoms with Crippen molar-refractivity contribution in [2.24, 2.45) is 0 Å². The highest BCUT2D eigenvalue weighted by atomic mass is 35.5. The van der Waals surface area contributed by atoms with Crippen molar-refractivity contribution in [1.82, 2.24) is 10.9 Å². The molecule has 4 nitrogen and oxygen atoms in total. The van der Waals surface area contributed by atoms with E-state index in [2.05, 4.69) is 10.9 Å². The molecule has 6 heteroatoms. The van der Waals surface area contributed by atoms with E-state index in [0.717, 1.165) is 15.6 Å². The minimum Gasteiger partial charge on any atom is -0.267 e. The van der Waals surface area contributed by atoms with Crippen LogP contribution in [0.1, 0.15) is 25.6 Å². The number of carbonyl (C=O) groups excluding carboxylic acids is 2. The lowest BCUT2D eigenvalue weighted by atomic mass is 10.1. The number of fused-ring (bicyclic) bond motifs is 1. The van der Waals surface area contributed by atoms with Crippen molar-refractivity contribution < 1.29 is 9.59 Å². The summed E-state index contributed by atoms with van der Waals surface area (Å²) in [5.41, 5.74) is 6.17. The second kappa shape index (κ2) is 6.40. The molecule has 0 spiro atoms. The molecule has 0 bridgehead atoms. The van der Waals surface area contributed by atoms with Crippen LogP contribution in [-0.2, 0) is 0 Å². The van der Waals surface area contributed by atoms with Gasteiger partial charge in [0, 0.05) is 15.6 Å². The number of benzene rings is 2. The van der Waals surface area contributed by atoms with Gasteiger partial charge in [0.1, 0.15) is 4.88 Å². The standard InChI is InChI=1S/C17H13ClN2O2S/c1-10-6-2-3-7-11(10)16(21)19-20-17(22)15-14(18)12-8-4-5-9-13(12)23-15/h2-9H,1H3,(H,19,21)(H,20,22). The number of hydrogen-bond donors (Lipinski definition) is 2. The smallest absolute Gasteiger partial charge is 0.267 e. The summed E-state index contributed by atoms with van der Waals surface area (Å²) in [5, 5.41) is 1.22. The van der Waals surface area contributed by atoms with E-state index >= 15 is 0 Å². The van der Waals surface area contributed by atoms with Gasteiger partial charge in [0.2, 0.25) is 0 Å². The molecule has 1 heterocycles. The Kier molecular flexibility index (Phi) is 4.32. The van der Waals surface area contributed by atoms with E-state index in [-0.39, 0.29) is 5.91 Å². The summed E-state index contributed by atoms with van der Waals surface area (Å²) >= 11 is 7.53. The molecule has 0 radical (unpaired) electrons. The Balaban J connectivity index is 1.75. The number of hydrogen-bond acceptors (Lipinski definition) is 3. The number of aryl methyl sites for hydroxylation is 1. The predicted molar refractivity (Wildman–Crippen MR) is 92.9 cm³/mol. The first-order valence-corrected chi connectivity index (χ1v) is 8.10. The predicted octanol–water partition coefficient (Wildman–Crippen LogP) is 3.94. The number of carbonyl (C=O) groups is 2. The van der Waals surface area contributed by atoms with E-state index in [0.29, 0.717) is 15.5 Å². The minimum absolute atomic E-state index is 0.367. The first-order valence-electron chi connectivity index (χ1n) is 6.91. The molecule has 0 atom stereocenters. The van der Waals surface area contributed by atoms with Gasteiger partial charge in [-0.2, -0.15) is 0 Å². The lowest BCUT2D eigenvalue weighted by molar-refractivity contribution is 0.0848. The van der Waals surface area contributed by atoms with Crippen molar-refractivity contribution in [3.8, 4) is 0 Å². The normalized spacial score (nSPS) is 10.5. The summed E-state index contributed by atoms with van der Waals surface area (Å²) in [4.78, 5) is 24.7. The van der Waals surface area contributed by atoms with Gasteiger partial charge >= 0.3 is 0 Å². The summed E-state index contributed by atoms with van der Waals surface area (Å²) in [5.74, 6) is -0.799. The van der Waals surface area contributed by atoms with Crippen molar-refractivity contribution in [1.29, 1.82) is 0 Å². The zero-order chi connectivity index (χ0) is 16.4. The third-order valence-corrected chi connectivity index (χ3v) is 5.09.